The minimum absolute atomic E-state index is 0.519. The second kappa shape index (κ2) is 6.03. The molecule has 0 amide bonds. The van der Waals surface area contributed by atoms with Gasteiger partial charge in [0.2, 0.25) is 0 Å². The first-order valence-electron chi connectivity index (χ1n) is 7.53. The number of halogens is 1. The molecule has 5 heteroatoms. The molecule has 3 rings (SSSR count). The Labute approximate surface area is 145 Å². The van der Waals surface area contributed by atoms with Crippen molar-refractivity contribution in [3.05, 3.63) is 59.2 Å². The smallest absolute Gasteiger partial charge is 0.0766 e. The van der Waals surface area contributed by atoms with E-state index < -0.39 is 5.41 Å². The highest BCUT2D eigenvalue weighted by Gasteiger charge is 2.19. The van der Waals surface area contributed by atoms with Crippen molar-refractivity contribution in [2.45, 2.75) is 19.3 Å². The number of anilines is 3. The SMILES string of the molecule is CC(C)(C#N)c1ccc(Nc2c(N)cnc3ccc(Cl)cc23)cc1. The molecule has 2 aromatic carbocycles. The molecule has 0 aliphatic rings. The van der Waals surface area contributed by atoms with Crippen LogP contribution in [0.2, 0.25) is 5.02 Å². The lowest BCUT2D eigenvalue weighted by molar-refractivity contribution is 0.687. The molecule has 0 saturated carbocycles. The molecular formula is C19H17ClN4. The summed E-state index contributed by atoms with van der Waals surface area (Å²) in [6, 6.07) is 15.6. The van der Waals surface area contributed by atoms with Crippen LogP contribution in [0.15, 0.2) is 48.7 Å². The third-order valence-electron chi connectivity index (χ3n) is 4.01. The molecule has 3 N–H and O–H groups in total. The molecule has 0 fully saturated rings. The zero-order chi connectivity index (χ0) is 17.3. The van der Waals surface area contributed by atoms with E-state index in [1.807, 2.05) is 50.2 Å². The maximum absolute atomic E-state index is 9.23. The lowest BCUT2D eigenvalue weighted by Crippen LogP contribution is -2.13. The first-order valence-corrected chi connectivity index (χ1v) is 7.91. The standard InChI is InChI=1S/C19H17ClN4/c1-19(2,11-21)12-3-6-14(7-4-12)24-18-15-9-13(20)5-8-17(15)23-10-16(18)22/h3-10H,22H2,1-2H3,(H,23,24). The van der Waals surface area contributed by atoms with E-state index in [-0.39, 0.29) is 0 Å². The molecule has 0 bridgehead atoms. The molecule has 0 aliphatic carbocycles. The van der Waals surface area contributed by atoms with Crippen LogP contribution in [0.4, 0.5) is 17.1 Å². The van der Waals surface area contributed by atoms with Crippen LogP contribution in [-0.4, -0.2) is 4.98 Å². The number of nitrogens with zero attached hydrogens (tertiary/aromatic N) is 2. The highest BCUT2D eigenvalue weighted by atomic mass is 35.5. The Hall–Kier alpha value is -2.77. The summed E-state index contributed by atoms with van der Waals surface area (Å²) >= 11 is 6.11. The molecule has 0 unspecified atom stereocenters. The lowest BCUT2D eigenvalue weighted by atomic mass is 9.86. The van der Waals surface area contributed by atoms with E-state index >= 15 is 0 Å². The number of nitriles is 1. The molecule has 4 nitrogen and oxygen atoms in total. The van der Waals surface area contributed by atoms with Gasteiger partial charge in [-0.1, -0.05) is 23.7 Å². The van der Waals surface area contributed by atoms with E-state index in [2.05, 4.69) is 16.4 Å². The molecular weight excluding hydrogens is 320 g/mol. The number of nitrogens with one attached hydrogen (secondary N) is 1. The van der Waals surface area contributed by atoms with Gasteiger partial charge < -0.3 is 11.1 Å². The molecule has 0 saturated heterocycles. The number of rotatable bonds is 3. The van der Waals surface area contributed by atoms with Crippen molar-refractivity contribution in [3.8, 4) is 6.07 Å². The summed E-state index contributed by atoms with van der Waals surface area (Å²) in [7, 11) is 0. The molecule has 0 aliphatic heterocycles. The Bertz CT molecular complexity index is 935. The normalized spacial score (nSPS) is 11.2. The molecule has 24 heavy (non-hydrogen) atoms. The van der Waals surface area contributed by atoms with Crippen LogP contribution < -0.4 is 11.1 Å². The summed E-state index contributed by atoms with van der Waals surface area (Å²) in [6.07, 6.45) is 1.63. The van der Waals surface area contributed by atoms with E-state index in [9.17, 15) is 5.26 Å². The molecule has 3 aromatic rings. The van der Waals surface area contributed by atoms with E-state index in [0.717, 1.165) is 27.8 Å². The van der Waals surface area contributed by atoms with E-state index in [4.69, 9.17) is 17.3 Å². The van der Waals surface area contributed by atoms with Gasteiger partial charge in [-0.25, -0.2) is 0 Å². The van der Waals surface area contributed by atoms with Crippen LogP contribution in [0.1, 0.15) is 19.4 Å². The van der Waals surface area contributed by atoms with Gasteiger partial charge in [0.15, 0.2) is 0 Å². The van der Waals surface area contributed by atoms with Crippen LogP contribution >= 0.6 is 11.6 Å². The Balaban J connectivity index is 2.00. The average Bonchev–Trinajstić information content (AvgIpc) is 2.58. The number of benzene rings is 2. The van der Waals surface area contributed by atoms with Crippen LogP contribution in [0, 0.1) is 11.3 Å². The predicted molar refractivity (Wildman–Crippen MR) is 99.5 cm³/mol. The van der Waals surface area contributed by atoms with Crippen LogP contribution in [0.5, 0.6) is 0 Å². The largest absolute Gasteiger partial charge is 0.396 e. The van der Waals surface area contributed by atoms with Crippen molar-refractivity contribution < 1.29 is 0 Å². The van der Waals surface area contributed by atoms with E-state index in [0.29, 0.717) is 10.7 Å². The summed E-state index contributed by atoms with van der Waals surface area (Å²) in [6.45, 7) is 3.79. The first kappa shape index (κ1) is 16.1. The van der Waals surface area contributed by atoms with Gasteiger partial charge in [0, 0.05) is 16.1 Å². The van der Waals surface area contributed by atoms with Gasteiger partial charge in [0.05, 0.1) is 34.6 Å². The Morgan fingerprint density at radius 2 is 1.88 bits per heavy atom. The van der Waals surface area contributed by atoms with Crippen molar-refractivity contribution in [1.82, 2.24) is 4.98 Å². The molecule has 1 aromatic heterocycles. The molecule has 120 valence electrons. The number of hydrogen-bond acceptors (Lipinski definition) is 4. The van der Waals surface area contributed by atoms with Crippen molar-refractivity contribution in [3.63, 3.8) is 0 Å². The van der Waals surface area contributed by atoms with E-state index in [1.54, 1.807) is 12.3 Å². The molecule has 0 atom stereocenters. The average molecular weight is 337 g/mol. The fourth-order valence-electron chi connectivity index (χ4n) is 2.50. The molecule has 0 spiro atoms. The third kappa shape index (κ3) is 2.99. The quantitative estimate of drug-likeness (QED) is 0.704. The van der Waals surface area contributed by atoms with Crippen molar-refractivity contribution in [2.75, 3.05) is 11.1 Å². The highest BCUT2D eigenvalue weighted by molar-refractivity contribution is 6.31. The number of nitrogens with two attached hydrogens (primary N) is 1. The van der Waals surface area contributed by atoms with Crippen molar-refractivity contribution >= 4 is 39.6 Å². The van der Waals surface area contributed by atoms with Gasteiger partial charge in [-0.2, -0.15) is 5.26 Å². The Morgan fingerprint density at radius 1 is 1.17 bits per heavy atom. The summed E-state index contributed by atoms with van der Waals surface area (Å²) in [5, 5.41) is 14.1. The summed E-state index contributed by atoms with van der Waals surface area (Å²) in [4.78, 5) is 4.32. The maximum Gasteiger partial charge on any atom is 0.0766 e. The molecule has 0 radical (unpaired) electrons. The van der Waals surface area contributed by atoms with Crippen molar-refractivity contribution in [2.24, 2.45) is 0 Å². The zero-order valence-corrected chi connectivity index (χ0v) is 14.2. The summed E-state index contributed by atoms with van der Waals surface area (Å²) in [5.41, 5.74) is 9.56. The lowest BCUT2D eigenvalue weighted by Gasteiger charge is -2.17. The Kier molecular flexibility index (Phi) is 4.04. The highest BCUT2D eigenvalue weighted by Crippen LogP contribution is 2.33. The monoisotopic (exact) mass is 336 g/mol. The van der Waals surface area contributed by atoms with Gasteiger partial charge in [-0.3, -0.25) is 4.98 Å². The minimum atomic E-state index is -0.519. The molecule has 1 heterocycles. The fourth-order valence-corrected chi connectivity index (χ4v) is 2.67. The number of hydrogen-bond donors (Lipinski definition) is 2. The van der Waals surface area contributed by atoms with Crippen LogP contribution in [-0.2, 0) is 5.41 Å². The van der Waals surface area contributed by atoms with Crippen LogP contribution in [0.3, 0.4) is 0 Å². The fraction of sp³-hybridized carbons (Fsp3) is 0.158. The first-order chi connectivity index (χ1) is 11.4. The maximum atomic E-state index is 9.23. The van der Waals surface area contributed by atoms with Gasteiger partial charge in [0.1, 0.15) is 0 Å². The van der Waals surface area contributed by atoms with Crippen LogP contribution in [0.25, 0.3) is 10.9 Å². The van der Waals surface area contributed by atoms with Gasteiger partial charge in [-0.05, 0) is 49.7 Å². The number of pyridine rings is 1. The van der Waals surface area contributed by atoms with E-state index in [1.165, 1.54) is 0 Å². The summed E-state index contributed by atoms with van der Waals surface area (Å²) in [5.74, 6) is 0. The zero-order valence-electron chi connectivity index (χ0n) is 13.5. The Morgan fingerprint density at radius 3 is 2.54 bits per heavy atom. The predicted octanol–water partition coefficient (Wildman–Crippen LogP) is 5.02. The second-order valence-corrected chi connectivity index (χ2v) is 6.63. The minimum Gasteiger partial charge on any atom is -0.396 e. The number of aromatic nitrogens is 1. The van der Waals surface area contributed by atoms with Gasteiger partial charge >= 0.3 is 0 Å². The summed E-state index contributed by atoms with van der Waals surface area (Å²) < 4.78 is 0. The van der Waals surface area contributed by atoms with Gasteiger partial charge in [0.25, 0.3) is 0 Å². The number of fused-ring (bicyclic) bond motifs is 1. The van der Waals surface area contributed by atoms with Crippen molar-refractivity contribution in [1.29, 1.82) is 5.26 Å². The topological polar surface area (TPSA) is 74.7 Å². The second-order valence-electron chi connectivity index (χ2n) is 6.19. The number of nitrogen functional groups attached to an aromatic ring is 1. The third-order valence-corrected chi connectivity index (χ3v) is 4.25. The van der Waals surface area contributed by atoms with Gasteiger partial charge in [-0.15, -0.1) is 0 Å².